The van der Waals surface area contributed by atoms with Crippen LogP contribution in [0.15, 0.2) is 36.4 Å². The number of nitrogens with two attached hydrogens (primary N) is 1. The van der Waals surface area contributed by atoms with Crippen LogP contribution in [-0.4, -0.2) is 33.9 Å². The van der Waals surface area contributed by atoms with Crippen molar-refractivity contribution in [3.63, 3.8) is 0 Å². The van der Waals surface area contributed by atoms with Crippen molar-refractivity contribution in [3.05, 3.63) is 47.7 Å². The van der Waals surface area contributed by atoms with Crippen LogP contribution in [0.5, 0.6) is 0 Å². The predicted octanol–water partition coefficient (Wildman–Crippen LogP) is 3.56. The van der Waals surface area contributed by atoms with E-state index in [9.17, 15) is 4.79 Å². The molecule has 1 saturated heterocycles. The topological polar surface area (TPSA) is 73.4 Å². The molecule has 1 unspecified atom stereocenters. The van der Waals surface area contributed by atoms with Crippen molar-refractivity contribution in [1.29, 1.82) is 0 Å². The molecule has 3 rings (SSSR count). The number of rotatable bonds is 4. The van der Waals surface area contributed by atoms with Crippen molar-refractivity contribution in [3.8, 4) is 0 Å². The molecular weight excluding hydrogens is 316 g/mol. The van der Waals surface area contributed by atoms with Crippen molar-refractivity contribution < 1.29 is 9.53 Å². The van der Waals surface area contributed by atoms with E-state index < -0.39 is 0 Å². The van der Waals surface area contributed by atoms with Gasteiger partial charge in [0, 0.05) is 19.2 Å². The first-order chi connectivity index (χ1) is 12.0. The van der Waals surface area contributed by atoms with Crippen LogP contribution >= 0.6 is 0 Å². The van der Waals surface area contributed by atoms with E-state index in [0.717, 1.165) is 24.1 Å². The van der Waals surface area contributed by atoms with Crippen molar-refractivity contribution in [2.45, 2.75) is 45.3 Å². The number of nitrogens with zero attached hydrogens (tertiary/aromatic N) is 3. The Morgan fingerprint density at radius 2 is 2.12 bits per heavy atom. The van der Waals surface area contributed by atoms with Crippen molar-refractivity contribution >= 4 is 11.9 Å². The summed E-state index contributed by atoms with van der Waals surface area (Å²) in [5.41, 5.74) is 8.11. The molecular formula is C19H26N4O2. The number of likely N-dealkylation sites (tertiary alicyclic amines) is 1. The summed E-state index contributed by atoms with van der Waals surface area (Å²) in [6.07, 6.45) is 1.61. The quantitative estimate of drug-likeness (QED) is 0.922. The number of benzene rings is 1. The van der Waals surface area contributed by atoms with Gasteiger partial charge in [0.15, 0.2) is 0 Å². The van der Waals surface area contributed by atoms with Crippen LogP contribution in [-0.2, 0) is 11.3 Å². The standard InChI is InChI=1S/C19H26N4O2/c1-14(2)17-11-18(20)23(21-17)16-9-6-10-22(12-16)19(24)25-13-15-7-4-3-5-8-15/h3-5,7-8,11,14,16H,6,9-10,12-13,20H2,1-2H3. The first-order valence-electron chi connectivity index (χ1n) is 8.85. The summed E-state index contributed by atoms with van der Waals surface area (Å²) in [4.78, 5) is 14.1. The van der Waals surface area contributed by atoms with Gasteiger partial charge in [0.1, 0.15) is 12.4 Å². The number of aromatic nitrogens is 2. The summed E-state index contributed by atoms with van der Waals surface area (Å²) in [5.74, 6) is 0.993. The maximum Gasteiger partial charge on any atom is 0.410 e. The monoisotopic (exact) mass is 342 g/mol. The highest BCUT2D eigenvalue weighted by molar-refractivity contribution is 5.67. The van der Waals surface area contributed by atoms with E-state index in [-0.39, 0.29) is 12.1 Å². The summed E-state index contributed by atoms with van der Waals surface area (Å²) in [6, 6.07) is 11.7. The highest BCUT2D eigenvalue weighted by Crippen LogP contribution is 2.26. The van der Waals surface area contributed by atoms with Crippen LogP contribution < -0.4 is 5.73 Å². The lowest BCUT2D eigenvalue weighted by Gasteiger charge is -2.32. The lowest BCUT2D eigenvalue weighted by atomic mass is 10.1. The summed E-state index contributed by atoms with van der Waals surface area (Å²) in [6.45, 7) is 5.78. The van der Waals surface area contributed by atoms with Crippen LogP contribution in [0.2, 0.25) is 0 Å². The second-order valence-electron chi connectivity index (χ2n) is 6.88. The number of ether oxygens (including phenoxy) is 1. The Balaban J connectivity index is 1.61. The van der Waals surface area contributed by atoms with E-state index in [1.54, 1.807) is 4.90 Å². The average molecular weight is 342 g/mol. The number of nitrogen functional groups attached to an aromatic ring is 1. The molecule has 1 fully saturated rings. The van der Waals surface area contributed by atoms with Gasteiger partial charge in [-0.1, -0.05) is 44.2 Å². The zero-order valence-electron chi connectivity index (χ0n) is 14.9. The summed E-state index contributed by atoms with van der Waals surface area (Å²) in [7, 11) is 0. The maximum absolute atomic E-state index is 12.4. The molecule has 2 heterocycles. The fourth-order valence-electron chi connectivity index (χ4n) is 3.13. The van der Waals surface area contributed by atoms with E-state index >= 15 is 0 Å². The van der Waals surface area contributed by atoms with Gasteiger partial charge in [-0.3, -0.25) is 0 Å². The Bertz CT molecular complexity index is 711. The van der Waals surface area contributed by atoms with E-state index in [1.807, 2.05) is 41.1 Å². The minimum absolute atomic E-state index is 0.102. The largest absolute Gasteiger partial charge is 0.445 e. The molecule has 2 aromatic rings. The molecule has 0 bridgehead atoms. The number of carbonyl (C=O) groups excluding carboxylic acids is 1. The van der Waals surface area contributed by atoms with Gasteiger partial charge < -0.3 is 15.4 Å². The highest BCUT2D eigenvalue weighted by Gasteiger charge is 2.27. The van der Waals surface area contributed by atoms with Crippen molar-refractivity contribution in [1.82, 2.24) is 14.7 Å². The van der Waals surface area contributed by atoms with E-state index in [4.69, 9.17) is 10.5 Å². The minimum Gasteiger partial charge on any atom is -0.445 e. The molecule has 0 radical (unpaired) electrons. The Morgan fingerprint density at radius 1 is 1.36 bits per heavy atom. The third-order valence-corrected chi connectivity index (χ3v) is 4.58. The molecule has 1 aromatic carbocycles. The normalized spacial score (nSPS) is 17.7. The highest BCUT2D eigenvalue weighted by atomic mass is 16.6. The van der Waals surface area contributed by atoms with Gasteiger partial charge in [-0.25, -0.2) is 9.48 Å². The Kier molecular flexibility index (Phi) is 5.26. The first kappa shape index (κ1) is 17.3. The average Bonchev–Trinajstić information content (AvgIpc) is 3.03. The number of carbonyl (C=O) groups is 1. The fraction of sp³-hybridized carbons (Fsp3) is 0.474. The lowest BCUT2D eigenvalue weighted by Crippen LogP contribution is -2.41. The van der Waals surface area contributed by atoms with Gasteiger partial charge in [-0.05, 0) is 24.3 Å². The first-order valence-corrected chi connectivity index (χ1v) is 8.85. The van der Waals surface area contributed by atoms with E-state index in [1.165, 1.54) is 0 Å². The van der Waals surface area contributed by atoms with Crippen LogP contribution in [0.25, 0.3) is 0 Å². The van der Waals surface area contributed by atoms with Gasteiger partial charge in [-0.2, -0.15) is 5.10 Å². The third-order valence-electron chi connectivity index (χ3n) is 4.58. The molecule has 1 aliphatic rings. The Morgan fingerprint density at radius 3 is 2.80 bits per heavy atom. The molecule has 134 valence electrons. The second-order valence-corrected chi connectivity index (χ2v) is 6.88. The minimum atomic E-state index is -0.275. The number of piperidine rings is 1. The molecule has 1 aromatic heterocycles. The van der Waals surface area contributed by atoms with Gasteiger partial charge in [0.25, 0.3) is 0 Å². The van der Waals surface area contributed by atoms with Crippen LogP contribution in [0.3, 0.4) is 0 Å². The second kappa shape index (κ2) is 7.59. The van der Waals surface area contributed by atoms with Crippen LogP contribution in [0.4, 0.5) is 10.6 Å². The predicted molar refractivity (Wildman–Crippen MR) is 97.2 cm³/mol. The molecule has 6 nitrogen and oxygen atoms in total. The molecule has 2 N–H and O–H groups in total. The zero-order valence-corrected chi connectivity index (χ0v) is 14.9. The van der Waals surface area contributed by atoms with Crippen molar-refractivity contribution in [2.24, 2.45) is 0 Å². The third kappa shape index (κ3) is 4.13. The van der Waals surface area contributed by atoms with Gasteiger partial charge in [0.05, 0.1) is 11.7 Å². The lowest BCUT2D eigenvalue weighted by molar-refractivity contribution is 0.0791. The molecule has 1 atom stereocenters. The smallest absolute Gasteiger partial charge is 0.410 e. The van der Waals surface area contributed by atoms with Crippen LogP contribution in [0.1, 0.15) is 49.9 Å². The zero-order chi connectivity index (χ0) is 17.8. The van der Waals surface area contributed by atoms with Crippen molar-refractivity contribution in [2.75, 3.05) is 18.8 Å². The van der Waals surface area contributed by atoms with Crippen LogP contribution in [0, 0.1) is 0 Å². The molecule has 6 heteroatoms. The Hall–Kier alpha value is -2.50. The number of hydrogen-bond donors (Lipinski definition) is 1. The number of anilines is 1. The number of hydrogen-bond acceptors (Lipinski definition) is 4. The summed E-state index contributed by atoms with van der Waals surface area (Å²) in [5, 5.41) is 4.63. The SMILES string of the molecule is CC(C)c1cc(N)n(C2CCCN(C(=O)OCc3ccccc3)C2)n1. The van der Waals surface area contributed by atoms with Gasteiger partial charge in [-0.15, -0.1) is 0 Å². The molecule has 1 aliphatic heterocycles. The van der Waals surface area contributed by atoms with Gasteiger partial charge in [0.2, 0.25) is 0 Å². The fourth-order valence-corrected chi connectivity index (χ4v) is 3.13. The molecule has 25 heavy (non-hydrogen) atoms. The summed E-state index contributed by atoms with van der Waals surface area (Å²) >= 11 is 0. The number of amides is 1. The van der Waals surface area contributed by atoms with E-state index in [0.29, 0.717) is 31.4 Å². The molecule has 0 aliphatic carbocycles. The van der Waals surface area contributed by atoms with E-state index in [2.05, 4.69) is 18.9 Å². The summed E-state index contributed by atoms with van der Waals surface area (Å²) < 4.78 is 7.32. The maximum atomic E-state index is 12.4. The Labute approximate surface area is 148 Å². The molecule has 0 spiro atoms. The molecule has 0 saturated carbocycles. The van der Waals surface area contributed by atoms with Gasteiger partial charge >= 0.3 is 6.09 Å². The molecule has 1 amide bonds.